The normalized spacial score (nSPS) is 18.4. The number of carbonyl (C=O) groups excluding carboxylic acids is 1. The summed E-state index contributed by atoms with van der Waals surface area (Å²) in [5.41, 5.74) is 9.67. The lowest BCUT2D eigenvalue weighted by Gasteiger charge is -2.41. The van der Waals surface area contributed by atoms with E-state index < -0.39 is 23.0 Å². The maximum absolute atomic E-state index is 14.2. The lowest BCUT2D eigenvalue weighted by molar-refractivity contribution is 0.0453. The van der Waals surface area contributed by atoms with Crippen molar-refractivity contribution in [3.63, 3.8) is 0 Å². The number of benzene rings is 6. The smallest absolute Gasteiger partial charge is 0.346 e. The van der Waals surface area contributed by atoms with Crippen molar-refractivity contribution in [1.29, 1.82) is 0 Å². The minimum absolute atomic E-state index is 0.245. The van der Waals surface area contributed by atoms with Crippen molar-refractivity contribution >= 4 is 17.2 Å². The lowest BCUT2D eigenvalue weighted by Crippen LogP contribution is -2.37. The highest BCUT2D eigenvalue weighted by Gasteiger charge is 2.41. The highest BCUT2D eigenvalue weighted by molar-refractivity contribution is 5.91. The van der Waals surface area contributed by atoms with Crippen molar-refractivity contribution in [2.75, 3.05) is 38.8 Å². The number of anilines is 1. The van der Waals surface area contributed by atoms with E-state index in [1.165, 1.54) is 24.1 Å². The van der Waals surface area contributed by atoms with Crippen molar-refractivity contribution in [3.8, 4) is 28.4 Å². The summed E-state index contributed by atoms with van der Waals surface area (Å²) < 4.78 is 51.4. The number of ether oxygens (including phenoxy) is 4. The van der Waals surface area contributed by atoms with Crippen molar-refractivity contribution in [3.05, 3.63) is 196 Å². The van der Waals surface area contributed by atoms with Crippen LogP contribution in [0.25, 0.3) is 16.7 Å². The summed E-state index contributed by atoms with van der Waals surface area (Å²) in [6.45, 7) is 2.64. The van der Waals surface area contributed by atoms with Crippen LogP contribution in [0.15, 0.2) is 151 Å². The van der Waals surface area contributed by atoms with Crippen LogP contribution in [0.4, 0.5) is 14.5 Å². The Morgan fingerprint density at radius 1 is 0.724 bits per heavy atom. The van der Waals surface area contributed by atoms with E-state index in [-0.39, 0.29) is 17.4 Å². The van der Waals surface area contributed by atoms with Gasteiger partial charge in [-0.2, -0.15) is 0 Å². The van der Waals surface area contributed by atoms with Crippen LogP contribution in [-0.2, 0) is 10.2 Å². The molecule has 0 amide bonds. The van der Waals surface area contributed by atoms with Crippen molar-refractivity contribution in [1.82, 2.24) is 0 Å². The first kappa shape index (κ1) is 37.1. The molecule has 8 heteroatoms. The van der Waals surface area contributed by atoms with Gasteiger partial charge in [-0.05, 0) is 118 Å². The molecule has 0 N–H and O–H groups in total. The van der Waals surface area contributed by atoms with Gasteiger partial charge in [0.05, 0.1) is 31.8 Å². The van der Waals surface area contributed by atoms with Crippen LogP contribution >= 0.6 is 0 Å². The zero-order valence-electron chi connectivity index (χ0n) is 32.2. The van der Waals surface area contributed by atoms with E-state index in [0.717, 1.165) is 69.7 Å². The third kappa shape index (κ3) is 6.83. The molecule has 6 aromatic rings. The second-order valence-electron chi connectivity index (χ2n) is 14.9. The molecule has 290 valence electrons. The molecular formula is C50H41F2NO5. The average Bonchev–Trinajstić information content (AvgIpc) is 3.82. The molecule has 0 bridgehead atoms. The molecule has 1 aliphatic carbocycles. The van der Waals surface area contributed by atoms with Crippen molar-refractivity contribution in [2.45, 2.75) is 24.4 Å². The predicted octanol–water partition coefficient (Wildman–Crippen LogP) is 10.9. The first-order valence-electron chi connectivity index (χ1n) is 19.4. The van der Waals surface area contributed by atoms with E-state index in [2.05, 4.69) is 89.8 Å². The quantitative estimate of drug-likeness (QED) is 0.108. The molecular weight excluding hydrogens is 733 g/mol. The number of halogens is 2. The molecule has 0 spiro atoms. The van der Waals surface area contributed by atoms with E-state index in [9.17, 15) is 13.6 Å². The second-order valence-corrected chi connectivity index (χ2v) is 14.9. The summed E-state index contributed by atoms with van der Waals surface area (Å²) in [5, 5.41) is 0. The Morgan fingerprint density at radius 2 is 1.36 bits per heavy atom. The fraction of sp³-hybridized carbons (Fsp3) is 0.180. The van der Waals surface area contributed by atoms with Crippen molar-refractivity contribution in [2.24, 2.45) is 0 Å². The number of carbonyl (C=O) groups is 1. The van der Waals surface area contributed by atoms with Gasteiger partial charge in [0.1, 0.15) is 23.5 Å². The lowest BCUT2D eigenvalue weighted by atomic mass is 9.70. The SMILES string of the molecule is COc1cc2c(cc1OC)C1OCC(c3ccccc3)(c3ccc(N4CCCC4)cc3)C=C1C=C2c1ccc(-c2ccc(OC(=O)c3ccc(F)cc3F)cc2)cc1. The monoisotopic (exact) mass is 773 g/mol. The maximum Gasteiger partial charge on any atom is 0.346 e. The highest BCUT2D eigenvalue weighted by atomic mass is 19.1. The third-order valence-electron chi connectivity index (χ3n) is 11.5. The molecule has 3 aliphatic rings. The van der Waals surface area contributed by atoms with Crippen LogP contribution < -0.4 is 19.1 Å². The number of hydrogen-bond acceptors (Lipinski definition) is 6. The average molecular weight is 774 g/mol. The Morgan fingerprint density at radius 3 is 2.03 bits per heavy atom. The number of fused-ring (bicyclic) bond motifs is 3. The van der Waals surface area contributed by atoms with Gasteiger partial charge in [-0.3, -0.25) is 0 Å². The molecule has 9 rings (SSSR count). The first-order chi connectivity index (χ1) is 28.3. The minimum Gasteiger partial charge on any atom is -0.493 e. The molecule has 0 aromatic heterocycles. The zero-order valence-corrected chi connectivity index (χ0v) is 32.2. The molecule has 2 unspecified atom stereocenters. The number of hydrogen-bond donors (Lipinski definition) is 0. The van der Waals surface area contributed by atoms with Crippen LogP contribution in [0, 0.1) is 11.6 Å². The van der Waals surface area contributed by atoms with Gasteiger partial charge in [-0.1, -0.05) is 84.9 Å². The fourth-order valence-corrected chi connectivity index (χ4v) is 8.48. The van der Waals surface area contributed by atoms with Gasteiger partial charge in [0, 0.05) is 24.8 Å². The van der Waals surface area contributed by atoms with Gasteiger partial charge in [0.25, 0.3) is 0 Å². The molecule has 2 atom stereocenters. The number of methoxy groups -OCH3 is 2. The molecule has 2 heterocycles. The topological polar surface area (TPSA) is 57.2 Å². The number of esters is 1. The zero-order chi connectivity index (χ0) is 39.8. The van der Waals surface area contributed by atoms with Gasteiger partial charge in [-0.25, -0.2) is 13.6 Å². The predicted molar refractivity (Wildman–Crippen MR) is 222 cm³/mol. The summed E-state index contributed by atoms with van der Waals surface area (Å²) in [7, 11) is 3.29. The third-order valence-corrected chi connectivity index (χ3v) is 11.5. The Kier molecular flexibility index (Phi) is 9.87. The van der Waals surface area contributed by atoms with E-state index >= 15 is 0 Å². The molecule has 0 saturated carbocycles. The van der Waals surface area contributed by atoms with Crippen LogP contribution in [-0.4, -0.2) is 39.9 Å². The summed E-state index contributed by atoms with van der Waals surface area (Å²) in [5.74, 6) is -1.13. The Balaban J connectivity index is 1.08. The summed E-state index contributed by atoms with van der Waals surface area (Å²) in [6, 6.07) is 41.7. The van der Waals surface area contributed by atoms with Crippen LogP contribution in [0.2, 0.25) is 0 Å². The van der Waals surface area contributed by atoms with E-state index in [4.69, 9.17) is 18.9 Å². The number of nitrogens with zero attached hydrogens (tertiary/aromatic N) is 1. The van der Waals surface area contributed by atoms with Gasteiger partial charge < -0.3 is 23.8 Å². The van der Waals surface area contributed by atoms with Gasteiger partial charge in [0.15, 0.2) is 11.5 Å². The molecule has 1 fully saturated rings. The molecule has 6 aromatic carbocycles. The first-order valence-corrected chi connectivity index (χ1v) is 19.4. The summed E-state index contributed by atoms with van der Waals surface area (Å²) >= 11 is 0. The summed E-state index contributed by atoms with van der Waals surface area (Å²) in [4.78, 5) is 15.0. The van der Waals surface area contributed by atoms with Crippen LogP contribution in [0.5, 0.6) is 17.2 Å². The second kappa shape index (κ2) is 15.4. The molecule has 6 nitrogen and oxygen atoms in total. The molecule has 58 heavy (non-hydrogen) atoms. The largest absolute Gasteiger partial charge is 0.493 e. The fourth-order valence-electron chi connectivity index (χ4n) is 8.48. The molecule has 0 radical (unpaired) electrons. The summed E-state index contributed by atoms with van der Waals surface area (Å²) in [6.07, 6.45) is 6.78. The van der Waals surface area contributed by atoms with E-state index in [1.807, 2.05) is 30.3 Å². The standard InChI is InChI=1S/C50H41F2NO5/c1-55-46-28-43-42(34-12-10-32(11-13-34)33-14-21-40(22-15-33)58-49(54)41-23-18-38(51)27-45(41)52)26-35-30-50(36-8-4-3-5-9-36,31-57-48(35)44(43)29-47(46)56-2)37-16-19-39(20-17-37)53-24-6-7-25-53/h3-5,8-23,26-30,48H,6-7,24-25,31H2,1-2H3. The van der Waals surface area contributed by atoms with E-state index in [1.54, 1.807) is 26.4 Å². The molecule has 2 aliphatic heterocycles. The highest BCUT2D eigenvalue weighted by Crippen LogP contribution is 2.51. The Hall–Kier alpha value is -6.51. The van der Waals surface area contributed by atoms with Gasteiger partial charge >= 0.3 is 5.97 Å². The minimum atomic E-state index is -0.976. The van der Waals surface area contributed by atoms with E-state index in [0.29, 0.717) is 24.2 Å². The molecule has 1 saturated heterocycles. The van der Waals surface area contributed by atoms with Gasteiger partial charge in [0.2, 0.25) is 0 Å². The Bertz CT molecular complexity index is 2540. The van der Waals surface area contributed by atoms with Crippen LogP contribution in [0.3, 0.4) is 0 Å². The Labute approximate surface area is 336 Å². The van der Waals surface area contributed by atoms with Crippen molar-refractivity contribution < 1.29 is 32.5 Å². The maximum atomic E-state index is 14.2. The number of rotatable bonds is 9. The van der Waals surface area contributed by atoms with Gasteiger partial charge in [-0.15, -0.1) is 0 Å². The van der Waals surface area contributed by atoms with Crippen LogP contribution in [0.1, 0.15) is 57.1 Å².